The summed E-state index contributed by atoms with van der Waals surface area (Å²) >= 11 is 6.38. The number of rotatable bonds is 8. The molecular weight excluding hydrogens is 410 g/mol. The summed E-state index contributed by atoms with van der Waals surface area (Å²) in [5, 5.41) is 9.53. The smallest absolute Gasteiger partial charge is 0.326 e. The maximum atomic E-state index is 12.8. The van der Waals surface area contributed by atoms with E-state index in [1.54, 1.807) is 19.3 Å². The summed E-state index contributed by atoms with van der Waals surface area (Å²) in [7, 11) is 1.60. The molecule has 0 spiro atoms. The Kier molecular flexibility index (Phi) is 6.76. The van der Waals surface area contributed by atoms with E-state index in [0.717, 1.165) is 29.5 Å². The molecule has 1 aromatic carbocycles. The zero-order chi connectivity index (χ0) is 21.0. The molecule has 0 bridgehead atoms. The number of furan rings is 1. The van der Waals surface area contributed by atoms with E-state index >= 15 is 0 Å². The second kappa shape index (κ2) is 9.28. The molecule has 152 valence electrons. The molecule has 6 nitrogen and oxygen atoms in total. The molecule has 1 saturated heterocycles. The topological polar surface area (TPSA) is 80.0 Å². The van der Waals surface area contributed by atoms with E-state index in [4.69, 9.17) is 21.4 Å². The van der Waals surface area contributed by atoms with Gasteiger partial charge in [-0.2, -0.15) is 0 Å². The third-order valence-electron chi connectivity index (χ3n) is 4.53. The zero-order valence-electron chi connectivity index (χ0n) is 16.1. The van der Waals surface area contributed by atoms with Crippen LogP contribution in [0.4, 0.5) is 0 Å². The fraction of sp³-hybridized carbons (Fsp3) is 0.286. The second-order valence-corrected chi connectivity index (χ2v) is 8.15. The summed E-state index contributed by atoms with van der Waals surface area (Å²) in [6, 6.07) is 10.1. The molecule has 1 atom stereocenters. The first-order valence-electron chi connectivity index (χ1n) is 9.18. The van der Waals surface area contributed by atoms with Crippen LogP contribution in [0.1, 0.15) is 31.9 Å². The van der Waals surface area contributed by atoms with E-state index in [2.05, 4.69) is 0 Å². The molecule has 29 heavy (non-hydrogen) atoms. The number of hydrogen-bond acceptors (Lipinski definition) is 6. The van der Waals surface area contributed by atoms with Crippen LogP contribution in [0.3, 0.4) is 0 Å². The van der Waals surface area contributed by atoms with Gasteiger partial charge in [0.25, 0.3) is 5.91 Å². The lowest BCUT2D eigenvalue weighted by Crippen LogP contribution is -2.43. The highest BCUT2D eigenvalue weighted by Crippen LogP contribution is 2.36. The van der Waals surface area contributed by atoms with Crippen molar-refractivity contribution in [2.24, 2.45) is 0 Å². The van der Waals surface area contributed by atoms with Crippen molar-refractivity contribution < 1.29 is 23.8 Å². The summed E-state index contributed by atoms with van der Waals surface area (Å²) < 4.78 is 11.2. The van der Waals surface area contributed by atoms with E-state index in [1.807, 2.05) is 37.3 Å². The fourth-order valence-corrected chi connectivity index (χ4v) is 4.32. The third kappa shape index (κ3) is 4.71. The highest BCUT2D eigenvalue weighted by Gasteiger charge is 2.40. The number of carboxylic acid groups (broad SMARTS) is 1. The van der Waals surface area contributed by atoms with Crippen LogP contribution in [0.5, 0.6) is 5.75 Å². The molecule has 1 aliphatic rings. The van der Waals surface area contributed by atoms with E-state index in [0.29, 0.717) is 29.3 Å². The van der Waals surface area contributed by atoms with Crippen LogP contribution in [0.15, 0.2) is 45.7 Å². The molecule has 1 aromatic heterocycles. The largest absolute Gasteiger partial charge is 0.497 e. The summed E-state index contributed by atoms with van der Waals surface area (Å²) in [6.07, 6.45) is 3.52. The van der Waals surface area contributed by atoms with Crippen molar-refractivity contribution in [3.63, 3.8) is 0 Å². The molecule has 1 amide bonds. The van der Waals surface area contributed by atoms with Crippen LogP contribution in [0.25, 0.3) is 17.4 Å². The molecule has 1 N–H and O–H groups in total. The number of unbranched alkanes of at least 4 members (excludes halogenated alkanes) is 1. The van der Waals surface area contributed by atoms with Gasteiger partial charge < -0.3 is 14.3 Å². The number of thiocarbonyl (C=S) groups is 1. The quantitative estimate of drug-likeness (QED) is 0.475. The summed E-state index contributed by atoms with van der Waals surface area (Å²) in [6.45, 7) is 1.97. The summed E-state index contributed by atoms with van der Waals surface area (Å²) in [5.41, 5.74) is 0.878. The number of thioether (sulfide) groups is 1. The van der Waals surface area contributed by atoms with E-state index in [9.17, 15) is 14.7 Å². The van der Waals surface area contributed by atoms with Crippen molar-refractivity contribution in [1.29, 1.82) is 0 Å². The maximum absolute atomic E-state index is 12.8. The molecular formula is C21H21NO5S2. The Morgan fingerprint density at radius 3 is 2.66 bits per heavy atom. The van der Waals surface area contributed by atoms with E-state index < -0.39 is 17.9 Å². The van der Waals surface area contributed by atoms with Crippen molar-refractivity contribution in [3.05, 3.63) is 47.1 Å². The Balaban J connectivity index is 1.80. The molecule has 3 rings (SSSR count). The van der Waals surface area contributed by atoms with Gasteiger partial charge in [0.15, 0.2) is 0 Å². The lowest BCUT2D eigenvalue weighted by molar-refractivity contribution is -0.145. The number of carbonyl (C=O) groups is 2. The molecule has 0 aliphatic carbocycles. The van der Waals surface area contributed by atoms with Gasteiger partial charge in [-0.3, -0.25) is 9.69 Å². The van der Waals surface area contributed by atoms with Gasteiger partial charge in [-0.1, -0.05) is 43.7 Å². The van der Waals surface area contributed by atoms with Gasteiger partial charge in [0, 0.05) is 11.6 Å². The predicted octanol–water partition coefficient (Wildman–Crippen LogP) is 4.80. The van der Waals surface area contributed by atoms with E-state index in [1.165, 1.54) is 4.90 Å². The molecule has 8 heteroatoms. The number of benzene rings is 1. The average Bonchev–Trinajstić information content (AvgIpc) is 3.28. The predicted molar refractivity (Wildman–Crippen MR) is 117 cm³/mol. The summed E-state index contributed by atoms with van der Waals surface area (Å²) in [5.74, 6) is 0.458. The summed E-state index contributed by atoms with van der Waals surface area (Å²) in [4.78, 5) is 26.0. The highest BCUT2D eigenvalue weighted by atomic mass is 32.2. The van der Waals surface area contributed by atoms with Crippen molar-refractivity contribution in [2.75, 3.05) is 7.11 Å². The fourth-order valence-electron chi connectivity index (χ4n) is 2.98. The molecule has 2 heterocycles. The number of carboxylic acids is 1. The van der Waals surface area contributed by atoms with Gasteiger partial charge in [0.1, 0.15) is 27.6 Å². The minimum Gasteiger partial charge on any atom is -0.497 e. The first kappa shape index (κ1) is 21.1. The monoisotopic (exact) mass is 431 g/mol. The van der Waals surface area contributed by atoms with Crippen LogP contribution < -0.4 is 4.74 Å². The average molecular weight is 432 g/mol. The van der Waals surface area contributed by atoms with Gasteiger partial charge in [-0.15, -0.1) is 0 Å². The van der Waals surface area contributed by atoms with Gasteiger partial charge in [-0.25, -0.2) is 4.79 Å². The van der Waals surface area contributed by atoms with Crippen LogP contribution in [-0.2, 0) is 9.59 Å². The number of amides is 1. The number of methoxy groups -OCH3 is 1. The minimum absolute atomic E-state index is 0.256. The maximum Gasteiger partial charge on any atom is 0.326 e. The van der Waals surface area contributed by atoms with Crippen molar-refractivity contribution >= 4 is 46.3 Å². The minimum atomic E-state index is -1.05. The Morgan fingerprint density at radius 2 is 2.03 bits per heavy atom. The number of aliphatic carboxylic acids is 1. The molecule has 0 saturated carbocycles. The molecule has 1 fully saturated rings. The van der Waals surface area contributed by atoms with E-state index in [-0.39, 0.29) is 4.32 Å². The Bertz CT molecular complexity index is 948. The lowest BCUT2D eigenvalue weighted by atomic mass is 10.1. The van der Waals surface area contributed by atoms with Gasteiger partial charge in [-0.05, 0) is 42.8 Å². The Morgan fingerprint density at radius 1 is 1.31 bits per heavy atom. The lowest BCUT2D eigenvalue weighted by Gasteiger charge is -2.22. The van der Waals surface area contributed by atoms with Crippen LogP contribution in [0.2, 0.25) is 0 Å². The van der Waals surface area contributed by atoms with Gasteiger partial charge in [0.2, 0.25) is 0 Å². The molecule has 1 aliphatic heterocycles. The Labute approximate surface area is 178 Å². The molecule has 2 aromatic rings. The first-order valence-corrected chi connectivity index (χ1v) is 10.4. The van der Waals surface area contributed by atoms with Crippen LogP contribution in [-0.4, -0.2) is 39.4 Å². The Hall–Kier alpha value is -2.58. The van der Waals surface area contributed by atoms with Crippen molar-refractivity contribution in [3.8, 4) is 17.1 Å². The SMILES string of the molecule is CCCC[C@@H](C(=O)O)N1C(=O)/C(=C\c2ccc(-c3ccc(OC)cc3)o2)SC1=S. The number of carbonyl (C=O) groups excluding carboxylic acids is 1. The number of nitrogens with zero attached hydrogens (tertiary/aromatic N) is 1. The number of hydrogen-bond donors (Lipinski definition) is 1. The molecule has 0 unspecified atom stereocenters. The number of ether oxygens (including phenoxy) is 1. The molecule has 0 radical (unpaired) electrons. The first-order chi connectivity index (χ1) is 13.9. The third-order valence-corrected chi connectivity index (χ3v) is 5.86. The van der Waals surface area contributed by atoms with Gasteiger partial charge in [0.05, 0.1) is 12.0 Å². The van der Waals surface area contributed by atoms with Crippen LogP contribution in [0, 0.1) is 0 Å². The highest BCUT2D eigenvalue weighted by molar-refractivity contribution is 8.26. The second-order valence-electron chi connectivity index (χ2n) is 6.48. The van der Waals surface area contributed by atoms with Crippen LogP contribution >= 0.6 is 24.0 Å². The van der Waals surface area contributed by atoms with Crippen molar-refractivity contribution in [2.45, 2.75) is 32.2 Å². The van der Waals surface area contributed by atoms with Crippen molar-refractivity contribution in [1.82, 2.24) is 4.90 Å². The zero-order valence-corrected chi connectivity index (χ0v) is 17.7. The normalized spacial score (nSPS) is 16.5. The standard InChI is InChI=1S/C21H21NO5S2/c1-3-4-5-16(20(24)25)22-19(23)18(29-21(22)28)12-15-10-11-17(27-15)13-6-8-14(26-2)9-7-13/h6-12,16H,3-5H2,1-2H3,(H,24,25)/b18-12+/t16-/m0/s1. The van der Waals surface area contributed by atoms with Gasteiger partial charge >= 0.3 is 5.97 Å².